The minimum atomic E-state index is -0.289. The van der Waals surface area contributed by atoms with Gasteiger partial charge in [-0.2, -0.15) is 0 Å². The highest BCUT2D eigenvalue weighted by Gasteiger charge is 2.42. The van der Waals surface area contributed by atoms with Crippen LogP contribution in [0.15, 0.2) is 11.6 Å². The summed E-state index contributed by atoms with van der Waals surface area (Å²) in [6.45, 7) is 3.80. The first-order chi connectivity index (χ1) is 5.58. The maximum atomic E-state index is 11.2. The van der Waals surface area contributed by atoms with Crippen LogP contribution in [0.25, 0.3) is 0 Å². The quantitative estimate of drug-likeness (QED) is 0.608. The van der Waals surface area contributed by atoms with E-state index in [2.05, 4.69) is 5.32 Å². The van der Waals surface area contributed by atoms with Crippen LogP contribution in [-0.4, -0.2) is 23.2 Å². The monoisotopic (exact) mass is 169 g/mol. The van der Waals surface area contributed by atoms with E-state index in [1.165, 1.54) is 0 Å². The summed E-state index contributed by atoms with van der Waals surface area (Å²) in [6, 6.07) is 0. The number of hydrogen-bond donors (Lipinski definition) is 2. The van der Waals surface area contributed by atoms with Crippen LogP contribution in [0.5, 0.6) is 0 Å². The number of aliphatic hydroxyl groups excluding tert-OH is 1. The SMILES string of the molecule is CC(C)=CC(=O)NC1(CO)CC1. The van der Waals surface area contributed by atoms with Crippen LogP contribution in [0.4, 0.5) is 0 Å². The molecule has 0 saturated heterocycles. The van der Waals surface area contributed by atoms with Gasteiger partial charge in [-0.15, -0.1) is 0 Å². The van der Waals surface area contributed by atoms with Crippen molar-refractivity contribution in [1.29, 1.82) is 0 Å². The van der Waals surface area contributed by atoms with Crippen molar-refractivity contribution in [3.8, 4) is 0 Å². The molecular weight excluding hydrogens is 154 g/mol. The molecule has 0 spiro atoms. The first kappa shape index (κ1) is 9.26. The number of aliphatic hydroxyl groups is 1. The van der Waals surface area contributed by atoms with Crippen LogP contribution < -0.4 is 5.32 Å². The van der Waals surface area contributed by atoms with Gasteiger partial charge in [0.2, 0.25) is 5.91 Å². The minimum absolute atomic E-state index is 0.0509. The molecule has 0 heterocycles. The molecule has 68 valence electrons. The Labute approximate surface area is 72.5 Å². The second-order valence-electron chi connectivity index (χ2n) is 3.65. The Morgan fingerprint density at radius 1 is 1.58 bits per heavy atom. The van der Waals surface area contributed by atoms with E-state index in [9.17, 15) is 4.79 Å². The summed E-state index contributed by atoms with van der Waals surface area (Å²) < 4.78 is 0. The zero-order valence-corrected chi connectivity index (χ0v) is 7.55. The summed E-state index contributed by atoms with van der Waals surface area (Å²) in [5.74, 6) is -0.0958. The van der Waals surface area contributed by atoms with E-state index < -0.39 is 0 Å². The fraction of sp³-hybridized carbons (Fsp3) is 0.667. The number of hydrogen-bond acceptors (Lipinski definition) is 2. The van der Waals surface area contributed by atoms with Crippen molar-refractivity contribution >= 4 is 5.91 Å². The predicted molar refractivity (Wildman–Crippen MR) is 46.6 cm³/mol. The molecule has 3 nitrogen and oxygen atoms in total. The summed E-state index contributed by atoms with van der Waals surface area (Å²) >= 11 is 0. The maximum absolute atomic E-state index is 11.2. The van der Waals surface area contributed by atoms with E-state index in [0.29, 0.717) is 0 Å². The van der Waals surface area contributed by atoms with E-state index in [1.54, 1.807) is 6.08 Å². The molecule has 1 aliphatic carbocycles. The largest absolute Gasteiger partial charge is 0.394 e. The van der Waals surface area contributed by atoms with Gasteiger partial charge in [0.05, 0.1) is 12.1 Å². The Morgan fingerprint density at radius 2 is 2.17 bits per heavy atom. The highest BCUT2D eigenvalue weighted by molar-refractivity contribution is 5.89. The van der Waals surface area contributed by atoms with Gasteiger partial charge in [0.25, 0.3) is 0 Å². The van der Waals surface area contributed by atoms with Crippen molar-refractivity contribution in [2.45, 2.75) is 32.2 Å². The van der Waals surface area contributed by atoms with Crippen molar-refractivity contribution in [3.63, 3.8) is 0 Å². The molecule has 0 aromatic rings. The van der Waals surface area contributed by atoms with Crippen LogP contribution >= 0.6 is 0 Å². The third-order valence-corrected chi connectivity index (χ3v) is 1.96. The van der Waals surface area contributed by atoms with Gasteiger partial charge < -0.3 is 10.4 Å². The standard InChI is InChI=1S/C9H15NO2/c1-7(2)5-8(12)10-9(6-11)3-4-9/h5,11H,3-4,6H2,1-2H3,(H,10,12). The maximum Gasteiger partial charge on any atom is 0.244 e. The molecule has 12 heavy (non-hydrogen) atoms. The second kappa shape index (κ2) is 3.27. The molecule has 1 rings (SSSR count). The van der Waals surface area contributed by atoms with Gasteiger partial charge >= 0.3 is 0 Å². The van der Waals surface area contributed by atoms with Crippen LogP contribution in [0.3, 0.4) is 0 Å². The second-order valence-corrected chi connectivity index (χ2v) is 3.65. The van der Waals surface area contributed by atoms with Gasteiger partial charge in [-0.25, -0.2) is 0 Å². The molecule has 0 atom stereocenters. The van der Waals surface area contributed by atoms with Gasteiger partial charge in [-0.05, 0) is 26.7 Å². The lowest BCUT2D eigenvalue weighted by atomic mass is 10.2. The minimum Gasteiger partial charge on any atom is -0.394 e. The average Bonchev–Trinajstić information content (AvgIpc) is 2.67. The average molecular weight is 169 g/mol. The zero-order chi connectivity index (χ0) is 9.19. The fourth-order valence-corrected chi connectivity index (χ4v) is 1.03. The third kappa shape index (κ3) is 2.34. The normalized spacial score (nSPS) is 18.2. The zero-order valence-electron chi connectivity index (χ0n) is 7.55. The van der Waals surface area contributed by atoms with Gasteiger partial charge in [0.1, 0.15) is 0 Å². The molecule has 1 amide bonds. The van der Waals surface area contributed by atoms with Crippen molar-refractivity contribution in [2.24, 2.45) is 0 Å². The highest BCUT2D eigenvalue weighted by Crippen LogP contribution is 2.34. The lowest BCUT2D eigenvalue weighted by Gasteiger charge is -2.12. The molecule has 1 fully saturated rings. The first-order valence-corrected chi connectivity index (χ1v) is 4.16. The topological polar surface area (TPSA) is 49.3 Å². The molecule has 3 heteroatoms. The van der Waals surface area contributed by atoms with E-state index in [4.69, 9.17) is 5.11 Å². The Hall–Kier alpha value is -0.830. The van der Waals surface area contributed by atoms with Crippen molar-refractivity contribution in [2.75, 3.05) is 6.61 Å². The summed E-state index contributed by atoms with van der Waals surface area (Å²) in [7, 11) is 0. The molecule has 2 N–H and O–H groups in total. The molecule has 1 aliphatic rings. The number of carbonyl (C=O) groups excluding carboxylic acids is 1. The summed E-state index contributed by atoms with van der Waals surface area (Å²) in [5, 5.41) is 11.7. The van der Waals surface area contributed by atoms with E-state index in [1.807, 2.05) is 13.8 Å². The van der Waals surface area contributed by atoms with Crippen LogP contribution in [0.2, 0.25) is 0 Å². The van der Waals surface area contributed by atoms with Crippen molar-refractivity contribution in [1.82, 2.24) is 5.32 Å². The molecular formula is C9H15NO2. The highest BCUT2D eigenvalue weighted by atomic mass is 16.3. The molecule has 0 unspecified atom stereocenters. The Morgan fingerprint density at radius 3 is 2.50 bits per heavy atom. The summed E-state index contributed by atoms with van der Waals surface area (Å²) in [6.07, 6.45) is 3.34. The number of amides is 1. The molecule has 0 aliphatic heterocycles. The molecule has 0 radical (unpaired) electrons. The molecule has 0 aromatic carbocycles. The Bertz CT molecular complexity index is 213. The lowest BCUT2D eigenvalue weighted by molar-refractivity contribution is -0.117. The number of allylic oxidation sites excluding steroid dienone is 1. The van der Waals surface area contributed by atoms with E-state index in [-0.39, 0.29) is 18.1 Å². The predicted octanol–water partition coefficient (Wildman–Crippen LogP) is 0.594. The number of nitrogens with one attached hydrogen (secondary N) is 1. The molecule has 0 aromatic heterocycles. The van der Waals surface area contributed by atoms with Crippen LogP contribution in [0.1, 0.15) is 26.7 Å². The van der Waals surface area contributed by atoms with Gasteiger partial charge in [0.15, 0.2) is 0 Å². The fourth-order valence-electron chi connectivity index (χ4n) is 1.03. The van der Waals surface area contributed by atoms with Crippen LogP contribution in [-0.2, 0) is 4.79 Å². The number of rotatable bonds is 3. The van der Waals surface area contributed by atoms with Crippen molar-refractivity contribution in [3.05, 3.63) is 11.6 Å². The van der Waals surface area contributed by atoms with Gasteiger partial charge in [-0.1, -0.05) is 5.57 Å². The third-order valence-electron chi connectivity index (χ3n) is 1.96. The summed E-state index contributed by atoms with van der Waals surface area (Å²) in [5.41, 5.74) is 0.685. The van der Waals surface area contributed by atoms with E-state index >= 15 is 0 Å². The smallest absolute Gasteiger partial charge is 0.244 e. The molecule has 0 bridgehead atoms. The lowest BCUT2D eigenvalue weighted by Crippen LogP contribution is -2.38. The van der Waals surface area contributed by atoms with Gasteiger partial charge in [-0.3, -0.25) is 4.79 Å². The molecule has 1 saturated carbocycles. The van der Waals surface area contributed by atoms with Crippen molar-refractivity contribution < 1.29 is 9.90 Å². The number of carbonyl (C=O) groups is 1. The van der Waals surface area contributed by atoms with Crippen LogP contribution in [0, 0.1) is 0 Å². The first-order valence-electron chi connectivity index (χ1n) is 4.16. The Balaban J connectivity index is 2.42. The van der Waals surface area contributed by atoms with Gasteiger partial charge in [0, 0.05) is 6.08 Å². The summed E-state index contributed by atoms with van der Waals surface area (Å²) in [4.78, 5) is 11.2. The van der Waals surface area contributed by atoms with E-state index in [0.717, 1.165) is 18.4 Å². The Kier molecular flexibility index (Phi) is 2.52.